The summed E-state index contributed by atoms with van der Waals surface area (Å²) in [6, 6.07) is 5.53. The lowest BCUT2D eigenvalue weighted by atomic mass is 10.0. The molecule has 8 nitrogen and oxygen atoms in total. The molecule has 3 rings (SSSR count). The molecule has 1 aromatic rings. The first kappa shape index (κ1) is 19.9. The standard InChI is InChI=1S/C20H24N2O6/c23-17(21-8-2-6-15(21)19(25)26)11-13-4-1-5-14(10-13)12-18(24)22-9-3-7-16(22)20(27)28/h1,4-5,10,15-16H,2-3,6-9,11-12H2,(H,25,26)(H,27,28). The van der Waals surface area contributed by atoms with E-state index in [1.54, 1.807) is 24.3 Å². The van der Waals surface area contributed by atoms with Crippen molar-refractivity contribution in [3.63, 3.8) is 0 Å². The number of hydrogen-bond acceptors (Lipinski definition) is 4. The number of carbonyl (C=O) groups excluding carboxylic acids is 2. The van der Waals surface area contributed by atoms with Crippen molar-refractivity contribution in [3.05, 3.63) is 35.4 Å². The van der Waals surface area contributed by atoms with Gasteiger partial charge in [-0.25, -0.2) is 9.59 Å². The second-order valence-electron chi connectivity index (χ2n) is 7.34. The van der Waals surface area contributed by atoms with Crippen molar-refractivity contribution in [3.8, 4) is 0 Å². The van der Waals surface area contributed by atoms with E-state index in [1.165, 1.54) is 9.80 Å². The lowest BCUT2D eigenvalue weighted by molar-refractivity contribution is -0.148. The van der Waals surface area contributed by atoms with Gasteiger partial charge in [-0.05, 0) is 36.8 Å². The van der Waals surface area contributed by atoms with Gasteiger partial charge >= 0.3 is 11.9 Å². The van der Waals surface area contributed by atoms with Gasteiger partial charge in [-0.3, -0.25) is 9.59 Å². The molecule has 2 N–H and O–H groups in total. The normalized spacial score (nSPS) is 21.7. The zero-order valence-electron chi connectivity index (χ0n) is 15.5. The molecule has 0 saturated carbocycles. The molecular formula is C20H24N2O6. The first-order valence-corrected chi connectivity index (χ1v) is 9.49. The smallest absolute Gasteiger partial charge is 0.326 e. The summed E-state index contributed by atoms with van der Waals surface area (Å²) >= 11 is 0. The van der Waals surface area contributed by atoms with Crippen molar-refractivity contribution >= 4 is 23.8 Å². The summed E-state index contributed by atoms with van der Waals surface area (Å²) in [6.07, 6.45) is 2.45. The number of likely N-dealkylation sites (tertiary alicyclic amines) is 2. The van der Waals surface area contributed by atoms with Gasteiger partial charge in [0.15, 0.2) is 0 Å². The number of carboxylic acid groups (broad SMARTS) is 2. The summed E-state index contributed by atoms with van der Waals surface area (Å²) < 4.78 is 0. The maximum Gasteiger partial charge on any atom is 0.326 e. The van der Waals surface area contributed by atoms with Crippen molar-refractivity contribution in [1.82, 2.24) is 9.80 Å². The number of amides is 2. The monoisotopic (exact) mass is 388 g/mol. The summed E-state index contributed by atoms with van der Waals surface area (Å²) in [4.78, 5) is 50.4. The summed E-state index contributed by atoms with van der Waals surface area (Å²) in [6.45, 7) is 0.888. The number of rotatable bonds is 6. The molecule has 2 aliphatic heterocycles. The van der Waals surface area contributed by atoms with Crippen LogP contribution in [0, 0.1) is 0 Å². The van der Waals surface area contributed by atoms with Crippen LogP contribution in [0.4, 0.5) is 0 Å². The Bertz CT molecular complexity index is 731. The quantitative estimate of drug-likeness (QED) is 0.749. The number of benzene rings is 1. The van der Waals surface area contributed by atoms with Crippen molar-refractivity contribution in [2.45, 2.75) is 50.6 Å². The Hall–Kier alpha value is -2.90. The molecular weight excluding hydrogens is 364 g/mol. The number of carboxylic acids is 2. The average Bonchev–Trinajstić information content (AvgIpc) is 3.31. The zero-order chi connectivity index (χ0) is 20.3. The molecule has 2 aliphatic rings. The molecule has 2 atom stereocenters. The third-order valence-electron chi connectivity index (χ3n) is 5.42. The lowest BCUT2D eigenvalue weighted by Gasteiger charge is -2.22. The van der Waals surface area contributed by atoms with Gasteiger partial charge in [0.25, 0.3) is 0 Å². The van der Waals surface area contributed by atoms with Crippen LogP contribution >= 0.6 is 0 Å². The van der Waals surface area contributed by atoms with E-state index >= 15 is 0 Å². The average molecular weight is 388 g/mol. The van der Waals surface area contributed by atoms with Gasteiger partial charge in [0, 0.05) is 13.1 Å². The summed E-state index contributed by atoms with van der Waals surface area (Å²) in [5, 5.41) is 18.5. The number of nitrogens with zero attached hydrogens (tertiary/aromatic N) is 2. The van der Waals surface area contributed by atoms with Gasteiger partial charge < -0.3 is 20.0 Å². The minimum Gasteiger partial charge on any atom is -0.480 e. The molecule has 0 aromatic heterocycles. The Morgan fingerprint density at radius 2 is 1.25 bits per heavy atom. The van der Waals surface area contributed by atoms with Crippen LogP contribution in [0.25, 0.3) is 0 Å². The second kappa shape index (κ2) is 8.41. The van der Waals surface area contributed by atoms with Gasteiger partial charge in [0.05, 0.1) is 12.8 Å². The summed E-state index contributed by atoms with van der Waals surface area (Å²) in [5.41, 5.74) is 1.42. The fourth-order valence-electron chi connectivity index (χ4n) is 4.05. The van der Waals surface area contributed by atoms with Gasteiger partial charge in [-0.15, -0.1) is 0 Å². The molecule has 0 radical (unpaired) electrons. The van der Waals surface area contributed by atoms with Crippen LogP contribution in [-0.4, -0.2) is 68.9 Å². The summed E-state index contributed by atoms with van der Waals surface area (Å²) in [7, 11) is 0. The maximum absolute atomic E-state index is 12.5. The van der Waals surface area contributed by atoms with Crippen LogP contribution in [0.2, 0.25) is 0 Å². The minimum absolute atomic E-state index is 0.0767. The number of carbonyl (C=O) groups is 4. The maximum atomic E-state index is 12.5. The van der Waals surface area contributed by atoms with Crippen LogP contribution in [0.15, 0.2) is 24.3 Å². The van der Waals surface area contributed by atoms with E-state index in [0.717, 1.165) is 0 Å². The van der Waals surface area contributed by atoms with Crippen molar-refractivity contribution in [2.24, 2.45) is 0 Å². The highest BCUT2D eigenvalue weighted by Gasteiger charge is 2.34. The van der Waals surface area contributed by atoms with E-state index in [9.17, 15) is 29.4 Å². The highest BCUT2D eigenvalue weighted by Crippen LogP contribution is 2.21. The highest BCUT2D eigenvalue weighted by molar-refractivity contribution is 5.86. The predicted molar refractivity (Wildman–Crippen MR) is 98.6 cm³/mol. The van der Waals surface area contributed by atoms with Crippen molar-refractivity contribution in [2.75, 3.05) is 13.1 Å². The number of aliphatic carboxylic acids is 2. The van der Waals surface area contributed by atoms with Crippen LogP contribution < -0.4 is 0 Å². The molecule has 0 bridgehead atoms. The van der Waals surface area contributed by atoms with E-state index < -0.39 is 24.0 Å². The fourth-order valence-corrected chi connectivity index (χ4v) is 4.05. The Morgan fingerprint density at radius 3 is 1.64 bits per heavy atom. The third-order valence-corrected chi connectivity index (χ3v) is 5.42. The van der Waals surface area contributed by atoms with Crippen molar-refractivity contribution in [1.29, 1.82) is 0 Å². The highest BCUT2D eigenvalue weighted by atomic mass is 16.4. The fraction of sp³-hybridized carbons (Fsp3) is 0.500. The Kier molecular flexibility index (Phi) is 5.96. The molecule has 0 spiro atoms. The minimum atomic E-state index is -0.983. The van der Waals surface area contributed by atoms with E-state index in [2.05, 4.69) is 0 Å². The molecule has 8 heteroatoms. The van der Waals surface area contributed by atoms with Gasteiger partial charge in [0.1, 0.15) is 12.1 Å². The van der Waals surface area contributed by atoms with Crippen molar-refractivity contribution < 1.29 is 29.4 Å². The Labute approximate surface area is 162 Å². The molecule has 2 saturated heterocycles. The second-order valence-corrected chi connectivity index (χ2v) is 7.34. The molecule has 2 unspecified atom stereocenters. The predicted octanol–water partition coefficient (Wildman–Crippen LogP) is 0.923. The SMILES string of the molecule is O=C(O)C1CCCN1C(=O)Cc1cccc(CC(=O)N2CCCC2C(=O)O)c1. The molecule has 28 heavy (non-hydrogen) atoms. The Morgan fingerprint density at radius 1 is 0.821 bits per heavy atom. The molecule has 0 aliphatic carbocycles. The topological polar surface area (TPSA) is 115 Å². The first-order valence-electron chi connectivity index (χ1n) is 9.49. The van der Waals surface area contributed by atoms with Crippen LogP contribution in [-0.2, 0) is 32.0 Å². The number of hydrogen-bond donors (Lipinski definition) is 2. The van der Waals surface area contributed by atoms with Gasteiger partial charge in [0.2, 0.25) is 11.8 Å². The van der Waals surface area contributed by atoms with Crippen LogP contribution in [0.3, 0.4) is 0 Å². The summed E-state index contributed by atoms with van der Waals surface area (Å²) in [5.74, 6) is -2.44. The van der Waals surface area contributed by atoms with Crippen LogP contribution in [0.5, 0.6) is 0 Å². The lowest BCUT2D eigenvalue weighted by Crippen LogP contribution is -2.41. The molecule has 150 valence electrons. The largest absolute Gasteiger partial charge is 0.480 e. The van der Waals surface area contributed by atoms with E-state index in [0.29, 0.717) is 49.9 Å². The molecule has 1 aromatic carbocycles. The van der Waals surface area contributed by atoms with Gasteiger partial charge in [-0.1, -0.05) is 24.3 Å². The van der Waals surface area contributed by atoms with E-state index in [4.69, 9.17) is 0 Å². The first-order chi connectivity index (χ1) is 13.4. The molecule has 2 fully saturated rings. The molecule has 2 amide bonds. The van der Waals surface area contributed by atoms with Gasteiger partial charge in [-0.2, -0.15) is 0 Å². The zero-order valence-corrected chi connectivity index (χ0v) is 15.5. The Balaban J connectivity index is 1.64. The van der Waals surface area contributed by atoms with E-state index in [1.807, 2.05) is 0 Å². The van der Waals surface area contributed by atoms with Crippen LogP contribution in [0.1, 0.15) is 36.8 Å². The third kappa shape index (κ3) is 4.32. The van der Waals surface area contributed by atoms with E-state index in [-0.39, 0.29) is 24.7 Å². The molecule has 2 heterocycles.